The van der Waals surface area contributed by atoms with Gasteiger partial charge in [-0.25, -0.2) is 8.42 Å². The quantitative estimate of drug-likeness (QED) is 0.484. The second kappa shape index (κ2) is 12.1. The van der Waals surface area contributed by atoms with E-state index >= 15 is 0 Å². The molecule has 2 aromatic rings. The van der Waals surface area contributed by atoms with Crippen LogP contribution in [-0.4, -0.2) is 50.0 Å². The molecule has 0 radical (unpaired) electrons. The van der Waals surface area contributed by atoms with Gasteiger partial charge in [0.2, 0.25) is 21.8 Å². The molecule has 2 aromatic carbocycles. The number of rotatable bonds is 10. The van der Waals surface area contributed by atoms with Gasteiger partial charge < -0.3 is 10.2 Å². The summed E-state index contributed by atoms with van der Waals surface area (Å²) in [6.07, 6.45) is 5.50. The lowest BCUT2D eigenvalue weighted by Crippen LogP contribution is -2.53. The maximum Gasteiger partial charge on any atom is 0.244 e. The second-order valence-electron chi connectivity index (χ2n) is 9.58. The highest BCUT2D eigenvalue weighted by Crippen LogP contribution is 2.28. The van der Waals surface area contributed by atoms with E-state index in [1.54, 1.807) is 25.1 Å². The van der Waals surface area contributed by atoms with E-state index in [9.17, 15) is 18.0 Å². The number of benzene rings is 2. The van der Waals surface area contributed by atoms with E-state index in [0.29, 0.717) is 22.7 Å². The highest BCUT2D eigenvalue weighted by molar-refractivity contribution is 7.92. The number of carbonyl (C=O) groups is 2. The van der Waals surface area contributed by atoms with Gasteiger partial charge in [-0.15, -0.1) is 0 Å². The van der Waals surface area contributed by atoms with Crippen LogP contribution in [0.2, 0.25) is 5.02 Å². The van der Waals surface area contributed by atoms with Crippen molar-refractivity contribution < 1.29 is 18.0 Å². The topological polar surface area (TPSA) is 86.8 Å². The van der Waals surface area contributed by atoms with Gasteiger partial charge in [0.1, 0.15) is 12.6 Å². The summed E-state index contributed by atoms with van der Waals surface area (Å²) in [7, 11) is -3.81. The lowest BCUT2D eigenvalue weighted by Gasteiger charge is -2.33. The van der Waals surface area contributed by atoms with Crippen LogP contribution in [0.4, 0.5) is 5.69 Å². The van der Waals surface area contributed by atoms with Crippen molar-refractivity contribution in [2.24, 2.45) is 0 Å². The van der Waals surface area contributed by atoms with Gasteiger partial charge in [-0.3, -0.25) is 13.9 Å². The van der Waals surface area contributed by atoms with Gasteiger partial charge in [-0.2, -0.15) is 0 Å². The van der Waals surface area contributed by atoms with Crippen LogP contribution in [-0.2, 0) is 26.2 Å². The maximum atomic E-state index is 13.8. The molecule has 36 heavy (non-hydrogen) atoms. The first-order chi connectivity index (χ1) is 17.0. The van der Waals surface area contributed by atoms with E-state index in [-0.39, 0.29) is 18.5 Å². The summed E-state index contributed by atoms with van der Waals surface area (Å²) in [5.41, 5.74) is 2.82. The summed E-state index contributed by atoms with van der Waals surface area (Å²) in [5.74, 6) is -0.648. The van der Waals surface area contributed by atoms with Gasteiger partial charge in [-0.1, -0.05) is 67.3 Å². The molecule has 0 spiro atoms. The molecule has 1 fully saturated rings. The molecule has 2 amide bonds. The van der Waals surface area contributed by atoms with Crippen LogP contribution in [0.25, 0.3) is 0 Å². The number of aryl methyl sites for hydroxylation is 1. The van der Waals surface area contributed by atoms with Crippen LogP contribution < -0.4 is 9.62 Å². The smallest absolute Gasteiger partial charge is 0.244 e. The monoisotopic (exact) mass is 533 g/mol. The molecule has 1 aliphatic rings. The fourth-order valence-corrected chi connectivity index (χ4v) is 5.82. The van der Waals surface area contributed by atoms with Crippen molar-refractivity contribution in [3.8, 4) is 0 Å². The van der Waals surface area contributed by atoms with Crippen LogP contribution in [0.15, 0.2) is 42.5 Å². The summed E-state index contributed by atoms with van der Waals surface area (Å²) in [5, 5.41) is 3.52. The van der Waals surface area contributed by atoms with Crippen LogP contribution in [0, 0.1) is 13.8 Å². The first-order valence-electron chi connectivity index (χ1n) is 12.4. The number of carbonyl (C=O) groups excluding carboxylic acids is 2. The summed E-state index contributed by atoms with van der Waals surface area (Å²) < 4.78 is 26.7. The van der Waals surface area contributed by atoms with Gasteiger partial charge >= 0.3 is 0 Å². The summed E-state index contributed by atoms with van der Waals surface area (Å²) in [6.45, 7) is 5.31. The molecular formula is C27H36ClN3O4S. The average molecular weight is 534 g/mol. The molecule has 1 aliphatic carbocycles. The zero-order valence-electron chi connectivity index (χ0n) is 21.5. The predicted molar refractivity (Wildman–Crippen MR) is 145 cm³/mol. The van der Waals surface area contributed by atoms with E-state index in [1.807, 2.05) is 38.1 Å². The summed E-state index contributed by atoms with van der Waals surface area (Å²) in [4.78, 5) is 28.6. The number of halogens is 1. The molecule has 9 heteroatoms. The Bertz CT molecular complexity index is 1200. The van der Waals surface area contributed by atoms with E-state index in [2.05, 4.69) is 5.32 Å². The van der Waals surface area contributed by atoms with Crippen molar-refractivity contribution in [2.75, 3.05) is 17.1 Å². The molecule has 0 saturated heterocycles. The van der Waals surface area contributed by atoms with Crippen molar-refractivity contribution >= 4 is 39.1 Å². The van der Waals surface area contributed by atoms with E-state index < -0.39 is 28.5 Å². The lowest BCUT2D eigenvalue weighted by molar-refractivity contribution is -0.140. The van der Waals surface area contributed by atoms with Crippen molar-refractivity contribution in [2.45, 2.75) is 71.5 Å². The molecule has 196 valence electrons. The molecular weight excluding hydrogens is 498 g/mol. The maximum absolute atomic E-state index is 13.8. The van der Waals surface area contributed by atoms with Gasteiger partial charge in [0.15, 0.2) is 0 Å². The number of nitrogens with zero attached hydrogens (tertiary/aromatic N) is 2. The Labute approximate surface area is 219 Å². The zero-order chi connectivity index (χ0) is 26.5. The largest absolute Gasteiger partial charge is 0.352 e. The fourth-order valence-electron chi connectivity index (χ4n) is 4.76. The molecule has 7 nitrogen and oxygen atoms in total. The standard InChI is InChI=1S/C27H36ClN3O4S/c1-5-24(27(33)29-22-12-6-7-13-22)30(17-21-11-8-10-19(2)16-21)26(32)18-31(36(4,34)35)25-15-9-14-23(28)20(25)3/h8-11,14-16,22,24H,5-7,12-13,17-18H2,1-4H3,(H,29,33). The third kappa shape index (κ3) is 7.01. The minimum Gasteiger partial charge on any atom is -0.352 e. The van der Waals surface area contributed by atoms with E-state index in [1.165, 1.54) is 4.90 Å². The van der Waals surface area contributed by atoms with Crippen molar-refractivity contribution in [1.29, 1.82) is 0 Å². The lowest BCUT2D eigenvalue weighted by atomic mass is 10.1. The molecule has 1 N–H and O–H groups in total. The van der Waals surface area contributed by atoms with Crippen molar-refractivity contribution in [3.05, 3.63) is 64.2 Å². The number of amides is 2. The van der Waals surface area contributed by atoms with Gasteiger partial charge in [0, 0.05) is 17.6 Å². The normalized spacial score (nSPS) is 14.9. The molecule has 0 aliphatic heterocycles. The molecule has 1 atom stereocenters. The Hall–Kier alpha value is -2.58. The van der Waals surface area contributed by atoms with Gasteiger partial charge in [0.25, 0.3) is 0 Å². The van der Waals surface area contributed by atoms with Crippen LogP contribution in [0.5, 0.6) is 0 Å². The number of hydrogen-bond donors (Lipinski definition) is 1. The van der Waals surface area contributed by atoms with E-state index in [0.717, 1.165) is 47.4 Å². The highest BCUT2D eigenvalue weighted by atomic mass is 35.5. The molecule has 0 heterocycles. The Morgan fingerprint density at radius 1 is 1.11 bits per heavy atom. The Morgan fingerprint density at radius 2 is 1.78 bits per heavy atom. The Morgan fingerprint density at radius 3 is 2.39 bits per heavy atom. The number of sulfonamides is 1. The first-order valence-corrected chi connectivity index (χ1v) is 14.6. The van der Waals surface area contributed by atoms with Crippen molar-refractivity contribution in [3.63, 3.8) is 0 Å². The fraction of sp³-hybridized carbons (Fsp3) is 0.481. The van der Waals surface area contributed by atoms with Gasteiger partial charge in [0.05, 0.1) is 11.9 Å². The van der Waals surface area contributed by atoms with Crippen LogP contribution in [0.3, 0.4) is 0 Å². The molecule has 0 bridgehead atoms. The SMILES string of the molecule is CCC(C(=O)NC1CCCC1)N(Cc1cccc(C)c1)C(=O)CN(c1cccc(Cl)c1C)S(C)(=O)=O. The first kappa shape index (κ1) is 28.0. The average Bonchev–Trinajstić information content (AvgIpc) is 3.31. The zero-order valence-corrected chi connectivity index (χ0v) is 23.0. The number of hydrogen-bond acceptors (Lipinski definition) is 4. The minimum atomic E-state index is -3.81. The molecule has 1 saturated carbocycles. The van der Waals surface area contributed by atoms with Crippen LogP contribution in [0.1, 0.15) is 55.7 Å². The van der Waals surface area contributed by atoms with Crippen molar-refractivity contribution in [1.82, 2.24) is 10.2 Å². The summed E-state index contributed by atoms with van der Waals surface area (Å²) >= 11 is 6.25. The number of nitrogens with one attached hydrogen (secondary N) is 1. The van der Waals surface area contributed by atoms with Gasteiger partial charge in [-0.05, 0) is 56.4 Å². The third-order valence-corrected chi connectivity index (χ3v) is 8.25. The predicted octanol–water partition coefficient (Wildman–Crippen LogP) is 4.59. The highest BCUT2D eigenvalue weighted by Gasteiger charge is 2.33. The summed E-state index contributed by atoms with van der Waals surface area (Å²) in [6, 6.07) is 12.1. The van der Waals surface area contributed by atoms with E-state index in [4.69, 9.17) is 11.6 Å². The second-order valence-corrected chi connectivity index (χ2v) is 11.9. The number of anilines is 1. The Balaban J connectivity index is 1.95. The molecule has 0 aromatic heterocycles. The van der Waals surface area contributed by atoms with Crippen LogP contribution >= 0.6 is 11.6 Å². The molecule has 3 rings (SSSR count). The minimum absolute atomic E-state index is 0.115. The Kier molecular flexibility index (Phi) is 9.41. The third-order valence-electron chi connectivity index (χ3n) is 6.71. The molecule has 1 unspecified atom stereocenters.